The Labute approximate surface area is 122 Å². The molecule has 1 N–H and O–H groups in total. The van der Waals surface area contributed by atoms with Crippen LogP contribution in [0.4, 0.5) is 0 Å². The average Bonchev–Trinajstić information content (AvgIpc) is 2.93. The summed E-state index contributed by atoms with van der Waals surface area (Å²) in [5.74, 6) is 0. The number of hydrogen-bond donors (Lipinski definition) is 1. The first-order valence-corrected chi connectivity index (χ1v) is 7.49. The third-order valence-electron chi connectivity index (χ3n) is 3.58. The predicted octanol–water partition coefficient (Wildman–Crippen LogP) is 2.38. The number of ether oxygens (including phenoxy) is 2. The van der Waals surface area contributed by atoms with E-state index in [0.717, 1.165) is 31.5 Å². The molecule has 0 aliphatic heterocycles. The highest BCUT2D eigenvalue weighted by molar-refractivity contribution is 5.03. The Morgan fingerprint density at radius 1 is 1.30 bits per heavy atom. The normalized spacial score (nSPS) is 14.7. The number of hydrogen-bond acceptors (Lipinski definition) is 4. The van der Waals surface area contributed by atoms with Gasteiger partial charge in [-0.2, -0.15) is 5.10 Å². The lowest BCUT2D eigenvalue weighted by atomic mass is 10.1. The number of nitrogens with zero attached hydrogens (tertiary/aromatic N) is 2. The Kier molecular flexibility index (Phi) is 7.80. The van der Waals surface area contributed by atoms with E-state index in [1.807, 2.05) is 4.68 Å². The van der Waals surface area contributed by atoms with Gasteiger partial charge in [-0.1, -0.05) is 13.8 Å². The van der Waals surface area contributed by atoms with E-state index < -0.39 is 0 Å². The van der Waals surface area contributed by atoms with Gasteiger partial charge in [0.1, 0.15) is 0 Å². The van der Waals surface area contributed by atoms with Crippen molar-refractivity contribution in [3.63, 3.8) is 0 Å². The maximum absolute atomic E-state index is 5.39. The highest BCUT2D eigenvalue weighted by atomic mass is 16.7. The van der Waals surface area contributed by atoms with Crippen molar-refractivity contribution in [1.29, 1.82) is 0 Å². The van der Waals surface area contributed by atoms with Crippen molar-refractivity contribution in [1.82, 2.24) is 15.1 Å². The average molecular weight is 283 g/mol. The van der Waals surface area contributed by atoms with Crippen LogP contribution in [0.3, 0.4) is 0 Å². The quantitative estimate of drug-likeness (QED) is 0.670. The topological polar surface area (TPSA) is 48.3 Å². The zero-order valence-electron chi connectivity index (χ0n) is 13.4. The summed E-state index contributed by atoms with van der Waals surface area (Å²) in [6, 6.07) is 2.63. The molecule has 0 amide bonds. The summed E-state index contributed by atoms with van der Waals surface area (Å²) < 4.78 is 12.8. The van der Waals surface area contributed by atoms with Crippen molar-refractivity contribution in [3.8, 4) is 0 Å². The third kappa shape index (κ3) is 4.89. The molecule has 0 radical (unpaired) electrons. The minimum absolute atomic E-state index is 0.116. The van der Waals surface area contributed by atoms with Gasteiger partial charge >= 0.3 is 0 Å². The molecule has 0 aliphatic carbocycles. The van der Waals surface area contributed by atoms with Crippen LogP contribution in [0.5, 0.6) is 0 Å². The summed E-state index contributed by atoms with van der Waals surface area (Å²) >= 11 is 0. The van der Waals surface area contributed by atoms with E-state index in [9.17, 15) is 0 Å². The van der Waals surface area contributed by atoms with Gasteiger partial charge in [-0.05, 0) is 32.4 Å². The third-order valence-corrected chi connectivity index (χ3v) is 3.58. The van der Waals surface area contributed by atoms with E-state index in [4.69, 9.17) is 9.47 Å². The number of methoxy groups -OCH3 is 2. The summed E-state index contributed by atoms with van der Waals surface area (Å²) in [6.45, 7) is 7.44. The Bertz CT molecular complexity index is 364. The molecule has 2 atom stereocenters. The first-order valence-electron chi connectivity index (χ1n) is 7.49. The minimum atomic E-state index is -0.254. The summed E-state index contributed by atoms with van der Waals surface area (Å²) in [4.78, 5) is 0. The van der Waals surface area contributed by atoms with E-state index in [1.165, 1.54) is 0 Å². The second kappa shape index (κ2) is 9.10. The van der Waals surface area contributed by atoms with E-state index in [2.05, 4.69) is 43.4 Å². The molecule has 2 unspecified atom stereocenters. The molecule has 0 saturated heterocycles. The Morgan fingerprint density at radius 3 is 2.55 bits per heavy atom. The molecule has 0 fully saturated rings. The Morgan fingerprint density at radius 2 is 2.00 bits per heavy atom. The molecule has 5 heteroatoms. The molecule has 1 aromatic heterocycles. The highest BCUT2D eigenvalue weighted by Crippen LogP contribution is 2.12. The summed E-state index contributed by atoms with van der Waals surface area (Å²) in [6.07, 6.45) is 4.76. The van der Waals surface area contributed by atoms with Gasteiger partial charge in [0.25, 0.3) is 0 Å². The van der Waals surface area contributed by atoms with E-state index in [1.54, 1.807) is 14.2 Å². The standard InChI is InChI=1S/C15H29N3O2/c1-6-9-16-14(15(19-4)20-5)11-13-8-10-18(17-13)12(3)7-2/h8,10,12,14-16H,6-7,9,11H2,1-5H3. The van der Waals surface area contributed by atoms with Crippen LogP contribution in [0.2, 0.25) is 0 Å². The fourth-order valence-corrected chi connectivity index (χ4v) is 2.16. The van der Waals surface area contributed by atoms with Gasteiger partial charge in [-0.3, -0.25) is 4.68 Å². The van der Waals surface area contributed by atoms with Gasteiger partial charge in [0.15, 0.2) is 6.29 Å². The van der Waals surface area contributed by atoms with Gasteiger partial charge < -0.3 is 14.8 Å². The van der Waals surface area contributed by atoms with Gasteiger partial charge in [-0.25, -0.2) is 0 Å². The van der Waals surface area contributed by atoms with Crippen molar-refractivity contribution in [2.45, 2.75) is 58.4 Å². The van der Waals surface area contributed by atoms with E-state index in [0.29, 0.717) is 6.04 Å². The zero-order chi connectivity index (χ0) is 15.0. The van der Waals surface area contributed by atoms with Crippen molar-refractivity contribution in [2.24, 2.45) is 0 Å². The fourth-order valence-electron chi connectivity index (χ4n) is 2.16. The van der Waals surface area contributed by atoms with Gasteiger partial charge in [0, 0.05) is 32.9 Å². The SMILES string of the molecule is CCCNC(Cc1ccn(C(C)CC)n1)C(OC)OC. The molecule has 0 aliphatic rings. The predicted molar refractivity (Wildman–Crippen MR) is 80.8 cm³/mol. The molecule has 0 bridgehead atoms. The van der Waals surface area contributed by atoms with Crippen LogP contribution in [0.15, 0.2) is 12.3 Å². The lowest BCUT2D eigenvalue weighted by Gasteiger charge is -2.25. The first-order chi connectivity index (χ1) is 9.65. The molecule has 116 valence electrons. The largest absolute Gasteiger partial charge is 0.354 e. The van der Waals surface area contributed by atoms with E-state index >= 15 is 0 Å². The molecule has 20 heavy (non-hydrogen) atoms. The van der Waals surface area contributed by atoms with Crippen molar-refractivity contribution in [2.75, 3.05) is 20.8 Å². The Hall–Kier alpha value is -0.910. The molecular formula is C15H29N3O2. The molecule has 1 aromatic rings. The summed E-state index contributed by atoms with van der Waals surface area (Å²) in [5.41, 5.74) is 1.07. The van der Waals surface area contributed by atoms with Gasteiger partial charge in [0.2, 0.25) is 0 Å². The number of nitrogens with one attached hydrogen (secondary N) is 1. The van der Waals surface area contributed by atoms with Crippen molar-refractivity contribution < 1.29 is 9.47 Å². The maximum atomic E-state index is 5.39. The molecule has 0 saturated carbocycles. The monoisotopic (exact) mass is 283 g/mol. The van der Waals surface area contributed by atoms with Crippen LogP contribution >= 0.6 is 0 Å². The highest BCUT2D eigenvalue weighted by Gasteiger charge is 2.21. The second-order valence-electron chi connectivity index (χ2n) is 5.15. The first kappa shape index (κ1) is 17.1. The van der Waals surface area contributed by atoms with Crippen LogP contribution in [-0.4, -0.2) is 42.9 Å². The van der Waals surface area contributed by atoms with E-state index in [-0.39, 0.29) is 12.3 Å². The smallest absolute Gasteiger partial charge is 0.172 e. The lowest BCUT2D eigenvalue weighted by Crippen LogP contribution is -2.44. The zero-order valence-corrected chi connectivity index (χ0v) is 13.4. The molecule has 0 spiro atoms. The van der Waals surface area contributed by atoms with Crippen LogP contribution in [-0.2, 0) is 15.9 Å². The van der Waals surface area contributed by atoms with Gasteiger partial charge in [0.05, 0.1) is 11.7 Å². The molecule has 1 heterocycles. The van der Waals surface area contributed by atoms with Crippen molar-refractivity contribution in [3.05, 3.63) is 18.0 Å². The minimum Gasteiger partial charge on any atom is -0.354 e. The molecule has 1 rings (SSSR count). The van der Waals surface area contributed by atoms with Crippen LogP contribution in [0.1, 0.15) is 45.3 Å². The lowest BCUT2D eigenvalue weighted by molar-refractivity contribution is -0.122. The molecule has 0 aromatic carbocycles. The Balaban J connectivity index is 2.70. The van der Waals surface area contributed by atoms with Crippen LogP contribution in [0.25, 0.3) is 0 Å². The van der Waals surface area contributed by atoms with Gasteiger partial charge in [-0.15, -0.1) is 0 Å². The molecular weight excluding hydrogens is 254 g/mol. The summed E-state index contributed by atoms with van der Waals surface area (Å²) in [7, 11) is 3.35. The number of rotatable bonds is 10. The maximum Gasteiger partial charge on any atom is 0.172 e. The van der Waals surface area contributed by atoms with Crippen molar-refractivity contribution >= 4 is 0 Å². The van der Waals surface area contributed by atoms with Crippen LogP contribution < -0.4 is 5.32 Å². The fraction of sp³-hybridized carbons (Fsp3) is 0.800. The second-order valence-corrected chi connectivity index (χ2v) is 5.15. The molecule has 5 nitrogen and oxygen atoms in total. The number of aromatic nitrogens is 2. The summed E-state index contributed by atoms with van der Waals surface area (Å²) in [5, 5.41) is 8.12. The van der Waals surface area contributed by atoms with Crippen LogP contribution in [0, 0.1) is 0 Å².